The number of nitrogens with zero attached hydrogens (tertiary/aromatic N) is 4. The number of ether oxygens (including phenoxy) is 1. The Bertz CT molecular complexity index is 1260. The van der Waals surface area contributed by atoms with Crippen molar-refractivity contribution < 1.29 is 9.53 Å². The van der Waals surface area contributed by atoms with Crippen molar-refractivity contribution in [1.82, 2.24) is 20.2 Å². The van der Waals surface area contributed by atoms with Gasteiger partial charge in [0.1, 0.15) is 11.2 Å². The monoisotopic (exact) mass is 442 g/mol. The second kappa shape index (κ2) is 8.75. The molecule has 0 bridgehead atoms. The molecule has 5 rings (SSSR count). The second-order valence-corrected chi connectivity index (χ2v) is 8.86. The van der Waals surface area contributed by atoms with E-state index in [1.807, 2.05) is 12.3 Å². The Kier molecular flexibility index (Phi) is 5.65. The maximum absolute atomic E-state index is 12.3. The number of hydrogen-bond acceptors (Lipinski definition) is 7. The fraction of sp³-hybridized carbons (Fsp3) is 0.400. The van der Waals surface area contributed by atoms with Crippen LogP contribution in [0.5, 0.6) is 0 Å². The molecule has 2 saturated carbocycles. The molecule has 3 aromatic rings. The zero-order chi connectivity index (χ0) is 22.9. The summed E-state index contributed by atoms with van der Waals surface area (Å²) in [5.41, 5.74) is 3.21. The number of pyridine rings is 2. The van der Waals surface area contributed by atoms with Gasteiger partial charge in [-0.15, -0.1) is 10.2 Å². The molecule has 2 aliphatic rings. The third kappa shape index (κ3) is 4.50. The minimum absolute atomic E-state index is 0.0145. The summed E-state index contributed by atoms with van der Waals surface area (Å²) >= 11 is 0. The van der Waals surface area contributed by atoms with E-state index in [0.717, 1.165) is 24.8 Å². The number of fused-ring (bicyclic) bond motifs is 1. The highest BCUT2D eigenvalue weighted by molar-refractivity contribution is 5.97. The van der Waals surface area contributed by atoms with Gasteiger partial charge in [-0.2, -0.15) is 0 Å². The van der Waals surface area contributed by atoms with Gasteiger partial charge in [0.15, 0.2) is 11.6 Å². The van der Waals surface area contributed by atoms with Crippen LogP contribution >= 0.6 is 0 Å². The highest BCUT2D eigenvalue weighted by Gasteiger charge is 2.39. The van der Waals surface area contributed by atoms with E-state index in [0.29, 0.717) is 46.2 Å². The number of methoxy groups -OCH3 is 1. The minimum Gasteiger partial charge on any atom is -0.384 e. The largest absolute Gasteiger partial charge is 0.384 e. The molecule has 2 aliphatic carbocycles. The SMILES string of the molecule is CNc1ncc(C#Cc2ccc(C3CC3COC)cn2)c2cc(NC(=O)[C@H]3C[C@H]3C)nnc12. The van der Waals surface area contributed by atoms with Crippen molar-refractivity contribution in [3.05, 3.63) is 47.4 Å². The van der Waals surface area contributed by atoms with Gasteiger partial charge in [-0.05, 0) is 54.2 Å². The van der Waals surface area contributed by atoms with Crippen LogP contribution in [0.15, 0.2) is 30.6 Å². The van der Waals surface area contributed by atoms with E-state index in [1.54, 1.807) is 26.4 Å². The molecule has 0 spiro atoms. The molecule has 0 aromatic carbocycles. The normalized spacial score (nSPS) is 22.9. The number of aromatic nitrogens is 4. The van der Waals surface area contributed by atoms with Crippen LogP contribution in [0.1, 0.15) is 42.5 Å². The molecular weight excluding hydrogens is 416 g/mol. The van der Waals surface area contributed by atoms with E-state index in [4.69, 9.17) is 4.74 Å². The maximum Gasteiger partial charge on any atom is 0.228 e. The van der Waals surface area contributed by atoms with E-state index < -0.39 is 0 Å². The molecule has 3 heterocycles. The fourth-order valence-corrected chi connectivity index (χ4v) is 4.17. The molecule has 3 aromatic heterocycles. The predicted molar refractivity (Wildman–Crippen MR) is 126 cm³/mol. The summed E-state index contributed by atoms with van der Waals surface area (Å²) in [6.07, 6.45) is 5.67. The van der Waals surface area contributed by atoms with E-state index in [-0.39, 0.29) is 11.8 Å². The van der Waals surface area contributed by atoms with E-state index in [9.17, 15) is 4.79 Å². The third-order valence-corrected chi connectivity index (χ3v) is 6.41. The molecule has 33 heavy (non-hydrogen) atoms. The Morgan fingerprint density at radius 1 is 1.18 bits per heavy atom. The van der Waals surface area contributed by atoms with Gasteiger partial charge in [-0.25, -0.2) is 9.97 Å². The molecule has 8 nitrogen and oxygen atoms in total. The Labute approximate surface area is 192 Å². The maximum atomic E-state index is 12.3. The molecule has 1 amide bonds. The summed E-state index contributed by atoms with van der Waals surface area (Å²) in [6.45, 7) is 2.86. The summed E-state index contributed by atoms with van der Waals surface area (Å²) in [7, 11) is 3.52. The average molecular weight is 443 g/mol. The van der Waals surface area contributed by atoms with Gasteiger partial charge >= 0.3 is 0 Å². The van der Waals surface area contributed by atoms with Gasteiger partial charge in [-0.3, -0.25) is 4.79 Å². The molecule has 168 valence electrons. The van der Waals surface area contributed by atoms with Crippen LogP contribution in [0.3, 0.4) is 0 Å². The average Bonchev–Trinajstić information content (AvgIpc) is 3.75. The lowest BCUT2D eigenvalue weighted by atomic mass is 10.1. The highest BCUT2D eigenvalue weighted by Crippen LogP contribution is 2.47. The Morgan fingerprint density at radius 2 is 2.03 bits per heavy atom. The molecule has 8 heteroatoms. The number of hydrogen-bond donors (Lipinski definition) is 2. The fourth-order valence-electron chi connectivity index (χ4n) is 4.17. The lowest BCUT2D eigenvalue weighted by Crippen LogP contribution is -2.16. The first-order chi connectivity index (χ1) is 16.1. The first-order valence-corrected chi connectivity index (χ1v) is 11.2. The number of anilines is 2. The number of amides is 1. The van der Waals surface area contributed by atoms with Crippen molar-refractivity contribution in [3.8, 4) is 11.8 Å². The summed E-state index contributed by atoms with van der Waals surface area (Å²) in [4.78, 5) is 21.3. The Morgan fingerprint density at radius 3 is 2.73 bits per heavy atom. The number of nitrogens with one attached hydrogen (secondary N) is 2. The van der Waals surface area contributed by atoms with Crippen LogP contribution in [0.25, 0.3) is 10.9 Å². The Balaban J connectivity index is 1.40. The van der Waals surface area contributed by atoms with Gasteiger partial charge in [0.2, 0.25) is 5.91 Å². The van der Waals surface area contributed by atoms with E-state index >= 15 is 0 Å². The van der Waals surface area contributed by atoms with E-state index in [1.165, 1.54) is 5.56 Å². The van der Waals surface area contributed by atoms with Crippen molar-refractivity contribution in [3.63, 3.8) is 0 Å². The lowest BCUT2D eigenvalue weighted by Gasteiger charge is -2.08. The van der Waals surface area contributed by atoms with Crippen molar-refractivity contribution in [1.29, 1.82) is 0 Å². The lowest BCUT2D eigenvalue weighted by molar-refractivity contribution is -0.117. The van der Waals surface area contributed by atoms with Crippen molar-refractivity contribution >= 4 is 28.4 Å². The zero-order valence-corrected chi connectivity index (χ0v) is 18.9. The molecular formula is C25H26N6O2. The van der Waals surface area contributed by atoms with Crippen LogP contribution in [-0.4, -0.2) is 46.8 Å². The highest BCUT2D eigenvalue weighted by atomic mass is 16.5. The van der Waals surface area contributed by atoms with Crippen molar-refractivity contribution in [2.75, 3.05) is 31.4 Å². The van der Waals surface area contributed by atoms with Crippen LogP contribution in [0.2, 0.25) is 0 Å². The molecule has 0 radical (unpaired) electrons. The van der Waals surface area contributed by atoms with Crippen molar-refractivity contribution in [2.24, 2.45) is 17.8 Å². The topological polar surface area (TPSA) is 102 Å². The summed E-state index contributed by atoms with van der Waals surface area (Å²) in [6, 6.07) is 5.85. The number of carbonyl (C=O) groups excluding carboxylic acids is 1. The Hall–Kier alpha value is -3.57. The molecule has 2 unspecified atom stereocenters. The van der Waals surface area contributed by atoms with Crippen LogP contribution in [-0.2, 0) is 9.53 Å². The summed E-state index contributed by atoms with van der Waals surface area (Å²) in [5.74, 6) is 8.91. The summed E-state index contributed by atoms with van der Waals surface area (Å²) < 4.78 is 5.24. The minimum atomic E-state index is -0.0145. The summed E-state index contributed by atoms with van der Waals surface area (Å²) in [5, 5.41) is 15.1. The van der Waals surface area contributed by atoms with Gasteiger partial charge < -0.3 is 15.4 Å². The van der Waals surface area contributed by atoms with Gasteiger partial charge in [0.25, 0.3) is 0 Å². The molecule has 4 atom stereocenters. The standard InChI is InChI=1S/C25H26N6O2/c1-14-8-19(14)25(32)29-22-10-21-16(12-28-24(26-2)23(21)31-30-22)5-7-18-6-4-15(11-27-18)20-9-17(20)13-33-3/h4,6,10-12,14,17,19-20H,8-9,13H2,1-3H3,(H,26,28)(H,29,30,32)/t14-,17?,19+,20?/m1/s1. The smallest absolute Gasteiger partial charge is 0.228 e. The molecule has 0 aliphatic heterocycles. The first-order valence-electron chi connectivity index (χ1n) is 11.2. The third-order valence-electron chi connectivity index (χ3n) is 6.41. The van der Waals surface area contributed by atoms with Crippen molar-refractivity contribution in [2.45, 2.75) is 25.7 Å². The van der Waals surface area contributed by atoms with E-state index in [2.05, 4.69) is 55.6 Å². The van der Waals surface area contributed by atoms with Crippen LogP contribution < -0.4 is 10.6 Å². The number of carbonyl (C=O) groups is 1. The van der Waals surface area contributed by atoms with Crippen LogP contribution in [0, 0.1) is 29.6 Å². The number of rotatable bonds is 6. The molecule has 2 N–H and O–H groups in total. The quantitative estimate of drug-likeness (QED) is 0.565. The molecule has 0 saturated heterocycles. The molecule has 2 fully saturated rings. The zero-order valence-electron chi connectivity index (χ0n) is 18.9. The second-order valence-electron chi connectivity index (χ2n) is 8.86. The van der Waals surface area contributed by atoms with Gasteiger partial charge in [0.05, 0.1) is 5.56 Å². The van der Waals surface area contributed by atoms with Gasteiger partial charge in [-0.1, -0.05) is 18.9 Å². The predicted octanol–water partition coefficient (Wildman–Crippen LogP) is 3.21. The van der Waals surface area contributed by atoms with Gasteiger partial charge in [0, 0.05) is 44.5 Å². The first kappa shape index (κ1) is 21.3. The van der Waals surface area contributed by atoms with Crippen LogP contribution in [0.4, 0.5) is 11.6 Å².